The number of fused-ring (bicyclic) bond motifs is 3. The Labute approximate surface area is 214 Å². The molecule has 3 N–H and O–H groups in total. The minimum Gasteiger partial charge on any atom is -0.481 e. The van der Waals surface area contributed by atoms with Gasteiger partial charge in [0.1, 0.15) is 0 Å². The Morgan fingerprint density at radius 1 is 1.06 bits per heavy atom. The van der Waals surface area contributed by atoms with Crippen molar-refractivity contribution < 1.29 is 20.1 Å². The quantitative estimate of drug-likeness (QED) is 0.285. The lowest BCUT2D eigenvalue weighted by Gasteiger charge is -2.66. The van der Waals surface area contributed by atoms with Crippen LogP contribution in [0.15, 0.2) is 24.3 Å². The number of carboxylic acids is 1. The number of rotatable bonds is 10. The molecule has 3 aliphatic rings. The van der Waals surface area contributed by atoms with Crippen LogP contribution in [-0.2, 0) is 4.79 Å². The summed E-state index contributed by atoms with van der Waals surface area (Å²) in [6, 6.07) is 0. The van der Waals surface area contributed by atoms with Crippen molar-refractivity contribution in [1.82, 2.24) is 0 Å². The van der Waals surface area contributed by atoms with E-state index < -0.39 is 17.7 Å². The highest BCUT2D eigenvalue weighted by atomic mass is 16.4. The highest BCUT2D eigenvalue weighted by Gasteiger charge is 2.67. The fraction of sp³-hybridized carbons (Fsp3) is 0.839. The molecule has 3 aliphatic carbocycles. The molecule has 35 heavy (non-hydrogen) atoms. The van der Waals surface area contributed by atoms with Gasteiger partial charge in [-0.2, -0.15) is 0 Å². The maximum Gasteiger partial charge on any atom is 0.303 e. The van der Waals surface area contributed by atoms with E-state index in [1.807, 2.05) is 13.8 Å². The summed E-state index contributed by atoms with van der Waals surface area (Å²) >= 11 is 0. The van der Waals surface area contributed by atoms with E-state index in [2.05, 4.69) is 40.9 Å². The zero-order valence-corrected chi connectivity index (χ0v) is 23.3. The Kier molecular flexibility index (Phi) is 8.10. The van der Waals surface area contributed by atoms with Crippen molar-refractivity contribution in [2.24, 2.45) is 39.9 Å². The predicted molar refractivity (Wildman–Crippen MR) is 143 cm³/mol. The van der Waals surface area contributed by atoms with Crippen LogP contribution in [0.3, 0.4) is 0 Å². The highest BCUT2D eigenvalue weighted by molar-refractivity contribution is 5.66. The van der Waals surface area contributed by atoms with Crippen molar-refractivity contribution >= 4 is 5.97 Å². The maximum absolute atomic E-state index is 11.7. The standard InChI is InChI=1S/C31H52O4/c1-20(2)22-13-18-30(7)26(28(22,5)16-9-10-27(33)34)12-11-23-24(14-17-29(23,30)6)31(8,35)19-15-25(32)21(3)4/h22-26,32,35H,1,3,9-19H2,2,4-8H3,(H,33,34)/t22-,23+,24+,25-,26+,28-,29+,30+,31-/m0/s1. The van der Waals surface area contributed by atoms with Crippen LogP contribution in [0.25, 0.3) is 0 Å². The summed E-state index contributed by atoms with van der Waals surface area (Å²) in [6.45, 7) is 21.7. The van der Waals surface area contributed by atoms with E-state index in [1.165, 1.54) is 12.0 Å². The van der Waals surface area contributed by atoms with Crippen LogP contribution in [0.2, 0.25) is 0 Å². The minimum absolute atomic E-state index is 0.0640. The molecule has 200 valence electrons. The molecular formula is C31H52O4. The molecular weight excluding hydrogens is 436 g/mol. The van der Waals surface area contributed by atoms with E-state index in [0.717, 1.165) is 50.5 Å². The van der Waals surface area contributed by atoms with Crippen LogP contribution < -0.4 is 0 Å². The predicted octanol–water partition coefficient (Wildman–Crippen LogP) is 7.15. The third-order valence-corrected chi connectivity index (χ3v) is 11.7. The molecule has 3 saturated carbocycles. The van der Waals surface area contributed by atoms with Gasteiger partial charge in [0.2, 0.25) is 0 Å². The number of hydrogen-bond donors (Lipinski definition) is 3. The summed E-state index contributed by atoms with van der Waals surface area (Å²) in [7, 11) is 0. The number of carboxylic acid groups (broad SMARTS) is 1. The van der Waals surface area contributed by atoms with Gasteiger partial charge < -0.3 is 15.3 Å². The van der Waals surface area contributed by atoms with E-state index in [1.54, 1.807) is 0 Å². The third kappa shape index (κ3) is 4.91. The van der Waals surface area contributed by atoms with E-state index >= 15 is 0 Å². The highest BCUT2D eigenvalue weighted by Crippen LogP contribution is 2.74. The minimum atomic E-state index is -0.790. The second-order valence-electron chi connectivity index (χ2n) is 13.7. The molecule has 4 heteroatoms. The van der Waals surface area contributed by atoms with Crippen molar-refractivity contribution in [2.75, 3.05) is 0 Å². The lowest BCUT2D eigenvalue weighted by atomic mass is 9.38. The molecule has 0 heterocycles. The number of hydrogen-bond acceptors (Lipinski definition) is 3. The molecule has 3 fully saturated rings. The molecule has 0 radical (unpaired) electrons. The summed E-state index contributed by atoms with van der Waals surface area (Å²) in [5.41, 5.74) is 1.62. The van der Waals surface area contributed by atoms with E-state index in [9.17, 15) is 20.1 Å². The largest absolute Gasteiger partial charge is 0.481 e. The van der Waals surface area contributed by atoms with Gasteiger partial charge in [-0.15, -0.1) is 0 Å². The molecule has 0 aliphatic heterocycles. The van der Waals surface area contributed by atoms with E-state index in [4.69, 9.17) is 0 Å². The number of carbonyl (C=O) groups is 1. The zero-order valence-electron chi connectivity index (χ0n) is 23.3. The van der Waals surface area contributed by atoms with Gasteiger partial charge in [0.05, 0.1) is 11.7 Å². The Morgan fingerprint density at radius 2 is 1.69 bits per heavy atom. The zero-order chi connectivity index (χ0) is 26.4. The SMILES string of the molecule is C=C(C)[C@@H](O)CC[C@](C)(O)[C@@H]1CC[C@]2(C)[C@@H]1CC[C@@H]1[C@@](C)(CCCC(=O)O)[C@H](C(=C)C)CC[C@]12C. The fourth-order valence-corrected chi connectivity index (χ4v) is 9.50. The lowest BCUT2D eigenvalue weighted by molar-refractivity contribution is -0.178. The first-order valence-electron chi connectivity index (χ1n) is 14.0. The molecule has 4 nitrogen and oxygen atoms in total. The first kappa shape index (κ1) is 28.4. The van der Waals surface area contributed by atoms with Gasteiger partial charge in [0.25, 0.3) is 0 Å². The van der Waals surface area contributed by atoms with E-state index in [-0.39, 0.29) is 28.6 Å². The van der Waals surface area contributed by atoms with Crippen LogP contribution in [0.1, 0.15) is 112 Å². The molecule has 0 saturated heterocycles. The molecule has 0 unspecified atom stereocenters. The molecule has 0 aromatic heterocycles. The Hall–Kier alpha value is -1.13. The fourth-order valence-electron chi connectivity index (χ4n) is 9.50. The maximum atomic E-state index is 11.7. The number of aliphatic hydroxyl groups excluding tert-OH is 1. The third-order valence-electron chi connectivity index (χ3n) is 11.7. The topological polar surface area (TPSA) is 77.8 Å². The molecule has 0 amide bonds. The average molecular weight is 489 g/mol. The molecule has 0 aromatic rings. The van der Waals surface area contributed by atoms with Crippen molar-refractivity contribution in [3.63, 3.8) is 0 Å². The second kappa shape index (κ2) is 9.97. The van der Waals surface area contributed by atoms with Gasteiger partial charge in [-0.1, -0.05) is 45.1 Å². The van der Waals surface area contributed by atoms with E-state index in [0.29, 0.717) is 30.6 Å². The van der Waals surface area contributed by atoms with Crippen molar-refractivity contribution in [3.05, 3.63) is 24.3 Å². The second-order valence-corrected chi connectivity index (χ2v) is 13.7. The smallest absolute Gasteiger partial charge is 0.303 e. The first-order valence-corrected chi connectivity index (χ1v) is 14.0. The Bertz CT molecular complexity index is 830. The average Bonchev–Trinajstić information content (AvgIpc) is 3.11. The van der Waals surface area contributed by atoms with Crippen LogP contribution in [0.5, 0.6) is 0 Å². The first-order chi connectivity index (χ1) is 16.1. The van der Waals surface area contributed by atoms with Crippen LogP contribution in [0, 0.1) is 39.9 Å². The van der Waals surface area contributed by atoms with Crippen LogP contribution >= 0.6 is 0 Å². The normalized spacial score (nSPS) is 41.4. The Morgan fingerprint density at radius 3 is 2.26 bits per heavy atom. The van der Waals surface area contributed by atoms with Gasteiger partial charge in [0.15, 0.2) is 0 Å². The lowest BCUT2D eigenvalue weighted by Crippen LogP contribution is -2.60. The number of aliphatic hydroxyl groups is 2. The summed E-state index contributed by atoms with van der Waals surface area (Å²) in [4.78, 5) is 11.3. The van der Waals surface area contributed by atoms with Gasteiger partial charge in [-0.25, -0.2) is 0 Å². The van der Waals surface area contributed by atoms with Gasteiger partial charge >= 0.3 is 5.97 Å². The molecule has 3 rings (SSSR count). The van der Waals surface area contributed by atoms with Crippen LogP contribution in [0.4, 0.5) is 0 Å². The van der Waals surface area contributed by atoms with Gasteiger partial charge in [-0.05, 0) is 125 Å². The molecule has 0 bridgehead atoms. The van der Waals surface area contributed by atoms with Crippen molar-refractivity contribution in [2.45, 2.75) is 124 Å². The van der Waals surface area contributed by atoms with Crippen molar-refractivity contribution in [1.29, 1.82) is 0 Å². The van der Waals surface area contributed by atoms with Gasteiger partial charge in [-0.3, -0.25) is 4.79 Å². The summed E-state index contributed by atoms with van der Waals surface area (Å²) in [6.07, 6.45) is 9.27. The summed E-state index contributed by atoms with van der Waals surface area (Å²) in [5.74, 6) is 1.00. The Balaban J connectivity index is 1.88. The van der Waals surface area contributed by atoms with Crippen molar-refractivity contribution in [3.8, 4) is 0 Å². The molecule has 9 atom stereocenters. The number of aliphatic carboxylic acids is 1. The van der Waals surface area contributed by atoms with Gasteiger partial charge in [0, 0.05) is 6.42 Å². The summed E-state index contributed by atoms with van der Waals surface area (Å²) in [5, 5.41) is 31.2. The molecule has 0 spiro atoms. The number of allylic oxidation sites excluding steroid dienone is 1. The van der Waals surface area contributed by atoms with Crippen LogP contribution in [-0.4, -0.2) is 33.0 Å². The monoisotopic (exact) mass is 488 g/mol. The molecule has 0 aromatic carbocycles. The summed E-state index contributed by atoms with van der Waals surface area (Å²) < 4.78 is 0.